The van der Waals surface area contributed by atoms with Crippen LogP contribution in [-0.2, 0) is 0 Å². The standard InChI is InChI=1S/C36H26N2O2/c1-24-7-15-30-23-28(10-16-29(30)21-24)9-8-27-13-19-34(25(2)22-27)38-35(20-14-26-11-17-31(39)18-12-26)37-33-6-4-3-5-32(33)36(38)40/h3-7,10-23,39H,1-2H3/b20-14+. The summed E-state index contributed by atoms with van der Waals surface area (Å²) in [4.78, 5) is 18.5. The van der Waals surface area contributed by atoms with Gasteiger partial charge in [0.05, 0.1) is 16.6 Å². The van der Waals surface area contributed by atoms with E-state index in [1.165, 1.54) is 16.3 Å². The Labute approximate surface area is 232 Å². The number of rotatable bonds is 3. The summed E-state index contributed by atoms with van der Waals surface area (Å²) in [5, 5.41) is 12.5. The predicted molar refractivity (Wildman–Crippen MR) is 164 cm³/mol. The van der Waals surface area contributed by atoms with Gasteiger partial charge in [0, 0.05) is 11.1 Å². The summed E-state index contributed by atoms with van der Waals surface area (Å²) in [7, 11) is 0. The maximum absolute atomic E-state index is 13.7. The molecule has 0 bridgehead atoms. The van der Waals surface area contributed by atoms with Crippen LogP contribution in [0.4, 0.5) is 0 Å². The molecule has 1 aromatic heterocycles. The molecule has 0 spiro atoms. The third-order valence-corrected chi connectivity index (χ3v) is 6.90. The number of para-hydroxylation sites is 1. The topological polar surface area (TPSA) is 55.1 Å². The van der Waals surface area contributed by atoms with Crippen molar-refractivity contribution in [3.63, 3.8) is 0 Å². The number of fused-ring (bicyclic) bond motifs is 2. The lowest BCUT2D eigenvalue weighted by Gasteiger charge is -2.14. The molecular weight excluding hydrogens is 492 g/mol. The summed E-state index contributed by atoms with van der Waals surface area (Å²) in [6.45, 7) is 4.07. The van der Waals surface area contributed by atoms with Crippen LogP contribution in [0.3, 0.4) is 0 Å². The summed E-state index contributed by atoms with van der Waals surface area (Å²) in [5.41, 5.74) is 6.12. The van der Waals surface area contributed by atoms with Crippen LogP contribution in [0.5, 0.6) is 5.75 Å². The monoisotopic (exact) mass is 518 g/mol. The van der Waals surface area contributed by atoms with Gasteiger partial charge in [0.15, 0.2) is 0 Å². The van der Waals surface area contributed by atoms with Gasteiger partial charge >= 0.3 is 0 Å². The van der Waals surface area contributed by atoms with Crippen LogP contribution >= 0.6 is 0 Å². The van der Waals surface area contributed by atoms with E-state index >= 15 is 0 Å². The van der Waals surface area contributed by atoms with Crippen LogP contribution in [0.25, 0.3) is 39.5 Å². The molecule has 1 N–H and O–H groups in total. The molecule has 40 heavy (non-hydrogen) atoms. The van der Waals surface area contributed by atoms with Crippen molar-refractivity contribution in [1.82, 2.24) is 9.55 Å². The second-order valence-corrected chi connectivity index (χ2v) is 9.87. The van der Waals surface area contributed by atoms with Crippen molar-refractivity contribution in [2.75, 3.05) is 0 Å². The molecule has 0 amide bonds. The van der Waals surface area contributed by atoms with E-state index in [0.29, 0.717) is 16.7 Å². The first-order valence-corrected chi connectivity index (χ1v) is 13.1. The Morgan fingerprint density at radius 3 is 2.25 bits per heavy atom. The van der Waals surface area contributed by atoms with Crippen LogP contribution in [0, 0.1) is 25.7 Å². The Morgan fingerprint density at radius 1 is 0.750 bits per heavy atom. The number of phenolic OH excluding ortho intramolecular Hbond substituents is 1. The van der Waals surface area contributed by atoms with E-state index in [4.69, 9.17) is 4.98 Å². The van der Waals surface area contributed by atoms with Gasteiger partial charge in [0.2, 0.25) is 0 Å². The van der Waals surface area contributed by atoms with Gasteiger partial charge < -0.3 is 5.11 Å². The second-order valence-electron chi connectivity index (χ2n) is 9.87. The van der Waals surface area contributed by atoms with Crippen LogP contribution in [0.1, 0.15) is 33.6 Å². The maximum Gasteiger partial charge on any atom is 0.266 e. The van der Waals surface area contributed by atoms with Crippen molar-refractivity contribution in [2.24, 2.45) is 0 Å². The Morgan fingerprint density at radius 2 is 1.45 bits per heavy atom. The fourth-order valence-electron chi connectivity index (χ4n) is 4.82. The smallest absolute Gasteiger partial charge is 0.266 e. The van der Waals surface area contributed by atoms with Crippen molar-refractivity contribution >= 4 is 33.8 Å². The highest BCUT2D eigenvalue weighted by Crippen LogP contribution is 2.21. The lowest BCUT2D eigenvalue weighted by atomic mass is 10.0. The minimum atomic E-state index is -0.135. The number of aromatic nitrogens is 2. The molecule has 0 unspecified atom stereocenters. The lowest BCUT2D eigenvalue weighted by molar-refractivity contribution is 0.475. The van der Waals surface area contributed by atoms with Crippen molar-refractivity contribution < 1.29 is 5.11 Å². The maximum atomic E-state index is 13.7. The van der Waals surface area contributed by atoms with E-state index < -0.39 is 0 Å². The van der Waals surface area contributed by atoms with Gasteiger partial charge in [0.1, 0.15) is 11.6 Å². The molecule has 1 heterocycles. The zero-order valence-corrected chi connectivity index (χ0v) is 22.2. The average molecular weight is 519 g/mol. The average Bonchev–Trinajstić information content (AvgIpc) is 2.96. The number of phenols is 1. The quantitative estimate of drug-likeness (QED) is 0.248. The van der Waals surface area contributed by atoms with Crippen LogP contribution < -0.4 is 5.56 Å². The molecule has 0 atom stereocenters. The van der Waals surface area contributed by atoms with Crippen molar-refractivity contribution in [3.8, 4) is 23.3 Å². The third kappa shape index (κ3) is 5.01. The molecule has 0 aliphatic carbocycles. The fourth-order valence-corrected chi connectivity index (χ4v) is 4.82. The van der Waals surface area contributed by atoms with E-state index in [1.54, 1.807) is 22.8 Å². The van der Waals surface area contributed by atoms with Crippen molar-refractivity contribution in [3.05, 3.63) is 147 Å². The van der Waals surface area contributed by atoms with Crippen molar-refractivity contribution in [2.45, 2.75) is 13.8 Å². The van der Waals surface area contributed by atoms with Gasteiger partial charge in [-0.15, -0.1) is 0 Å². The molecule has 4 heteroatoms. The van der Waals surface area contributed by atoms with Crippen LogP contribution in [0.2, 0.25) is 0 Å². The van der Waals surface area contributed by atoms with Crippen LogP contribution in [-0.4, -0.2) is 14.7 Å². The van der Waals surface area contributed by atoms with Gasteiger partial charge in [-0.3, -0.25) is 9.36 Å². The highest BCUT2D eigenvalue weighted by Gasteiger charge is 2.13. The lowest BCUT2D eigenvalue weighted by Crippen LogP contribution is -2.23. The fraction of sp³-hybridized carbons (Fsp3) is 0.0556. The number of aryl methyl sites for hydroxylation is 2. The highest BCUT2D eigenvalue weighted by atomic mass is 16.3. The summed E-state index contributed by atoms with van der Waals surface area (Å²) >= 11 is 0. The van der Waals surface area contributed by atoms with Crippen LogP contribution in [0.15, 0.2) is 108 Å². The predicted octanol–water partition coefficient (Wildman–Crippen LogP) is 7.43. The second kappa shape index (κ2) is 10.4. The Bertz CT molecular complexity index is 2060. The number of benzene rings is 5. The SMILES string of the molecule is Cc1ccc2cc(C#Cc3ccc(-n4c(/C=C/c5ccc(O)cc5)nc5ccccc5c4=O)c(C)c3)ccc2c1. The van der Waals surface area contributed by atoms with Gasteiger partial charge in [-0.1, -0.05) is 72.0 Å². The molecule has 6 rings (SSSR count). The number of hydrogen-bond acceptors (Lipinski definition) is 3. The molecule has 4 nitrogen and oxygen atoms in total. The summed E-state index contributed by atoms with van der Waals surface area (Å²) in [6.07, 6.45) is 3.71. The summed E-state index contributed by atoms with van der Waals surface area (Å²) in [5.74, 6) is 7.28. The van der Waals surface area contributed by atoms with E-state index in [2.05, 4.69) is 49.1 Å². The molecule has 5 aromatic carbocycles. The molecule has 0 aliphatic rings. The first kappa shape index (κ1) is 24.9. The van der Waals surface area contributed by atoms with Crippen molar-refractivity contribution in [1.29, 1.82) is 0 Å². The Balaban J connectivity index is 1.40. The molecule has 6 aromatic rings. The number of aromatic hydroxyl groups is 1. The van der Waals surface area contributed by atoms with Gasteiger partial charge in [-0.25, -0.2) is 4.98 Å². The zero-order valence-electron chi connectivity index (χ0n) is 22.2. The molecule has 0 saturated heterocycles. The minimum Gasteiger partial charge on any atom is -0.508 e. The van der Waals surface area contributed by atoms with E-state index in [-0.39, 0.29) is 11.3 Å². The largest absolute Gasteiger partial charge is 0.508 e. The first-order chi connectivity index (χ1) is 19.4. The number of nitrogens with zero attached hydrogens (tertiary/aromatic N) is 2. The molecule has 0 saturated carbocycles. The van der Waals surface area contributed by atoms with E-state index in [9.17, 15) is 9.90 Å². The Hall–Kier alpha value is -5.40. The molecule has 0 aliphatic heterocycles. The molecule has 192 valence electrons. The molecular formula is C36H26N2O2. The third-order valence-electron chi connectivity index (χ3n) is 6.90. The normalized spacial score (nSPS) is 11.2. The molecule has 0 fully saturated rings. The van der Waals surface area contributed by atoms with Gasteiger partial charge in [-0.05, 0) is 96.4 Å². The minimum absolute atomic E-state index is 0.135. The first-order valence-electron chi connectivity index (χ1n) is 13.1. The Kier molecular flexibility index (Phi) is 6.48. The molecule has 0 radical (unpaired) electrons. The zero-order chi connectivity index (χ0) is 27.6. The van der Waals surface area contributed by atoms with Gasteiger partial charge in [0.25, 0.3) is 5.56 Å². The van der Waals surface area contributed by atoms with E-state index in [0.717, 1.165) is 27.9 Å². The highest BCUT2D eigenvalue weighted by molar-refractivity contribution is 5.84. The van der Waals surface area contributed by atoms with Gasteiger partial charge in [-0.2, -0.15) is 0 Å². The number of hydrogen-bond donors (Lipinski definition) is 1. The summed E-state index contributed by atoms with van der Waals surface area (Å²) in [6, 6.07) is 32.8. The van der Waals surface area contributed by atoms with E-state index in [1.807, 2.05) is 73.7 Å². The summed E-state index contributed by atoms with van der Waals surface area (Å²) < 4.78 is 1.65.